The highest BCUT2D eigenvalue weighted by atomic mass is 35.5. The first kappa shape index (κ1) is 21.2. The number of methoxy groups -OCH3 is 1. The number of rotatable bonds is 5. The summed E-state index contributed by atoms with van der Waals surface area (Å²) in [7, 11) is -2.60. The van der Waals surface area contributed by atoms with Gasteiger partial charge in [0.25, 0.3) is 0 Å². The first-order valence-corrected chi connectivity index (χ1v) is 11.0. The molecule has 31 heavy (non-hydrogen) atoms. The van der Waals surface area contributed by atoms with Gasteiger partial charge in [-0.3, -0.25) is 4.79 Å². The molecule has 3 aromatic rings. The Hall–Kier alpha value is -3.00. The van der Waals surface area contributed by atoms with Crippen LogP contribution in [0.1, 0.15) is 15.9 Å². The van der Waals surface area contributed by atoms with Gasteiger partial charge in [-0.05, 0) is 60.2 Å². The third-order valence-electron chi connectivity index (χ3n) is 4.44. The number of carbonyl (C=O) groups is 1. The molecule has 4 rings (SSSR count). The lowest BCUT2D eigenvalue weighted by molar-refractivity contribution is 0.101. The van der Waals surface area contributed by atoms with Gasteiger partial charge in [0, 0.05) is 16.1 Å². The Morgan fingerprint density at radius 1 is 0.935 bits per heavy atom. The summed E-state index contributed by atoms with van der Waals surface area (Å²) in [6.07, 6.45) is 1.50. The number of hydrogen-bond acceptors (Lipinski definition) is 6. The molecular formula is C22H14Cl2O6S. The Kier molecular flexibility index (Phi) is 5.66. The van der Waals surface area contributed by atoms with Crippen molar-refractivity contribution in [2.45, 2.75) is 4.90 Å². The van der Waals surface area contributed by atoms with Gasteiger partial charge < -0.3 is 13.7 Å². The van der Waals surface area contributed by atoms with Gasteiger partial charge in [-0.2, -0.15) is 8.42 Å². The van der Waals surface area contributed by atoms with E-state index in [1.807, 2.05) is 0 Å². The summed E-state index contributed by atoms with van der Waals surface area (Å²) in [6, 6.07) is 14.8. The van der Waals surface area contributed by atoms with Gasteiger partial charge in [0.2, 0.25) is 5.78 Å². The maximum Gasteiger partial charge on any atom is 0.339 e. The average Bonchev–Trinajstić information content (AvgIpc) is 3.04. The molecule has 0 fully saturated rings. The molecule has 0 bridgehead atoms. The molecular weight excluding hydrogens is 463 g/mol. The minimum Gasteiger partial charge on any atom is -0.497 e. The van der Waals surface area contributed by atoms with Crippen molar-refractivity contribution in [1.29, 1.82) is 0 Å². The number of benzene rings is 3. The maximum absolute atomic E-state index is 12.6. The number of carbonyl (C=O) groups excluding carboxylic acids is 1. The summed E-state index contributed by atoms with van der Waals surface area (Å²) in [4.78, 5) is 12.6. The van der Waals surface area contributed by atoms with Crippen molar-refractivity contribution in [3.05, 3.63) is 87.6 Å². The number of ketones is 1. The number of halogens is 2. The van der Waals surface area contributed by atoms with Crippen LogP contribution in [0.15, 0.2) is 71.3 Å². The molecule has 3 aromatic carbocycles. The molecule has 0 atom stereocenters. The molecule has 0 spiro atoms. The predicted octanol–water partition coefficient (Wildman–Crippen LogP) is 5.39. The van der Waals surface area contributed by atoms with Gasteiger partial charge >= 0.3 is 10.1 Å². The van der Waals surface area contributed by atoms with E-state index in [2.05, 4.69) is 0 Å². The van der Waals surface area contributed by atoms with Crippen molar-refractivity contribution in [3.63, 3.8) is 0 Å². The molecule has 0 saturated carbocycles. The lowest BCUT2D eigenvalue weighted by atomic mass is 10.1. The molecule has 6 nitrogen and oxygen atoms in total. The smallest absolute Gasteiger partial charge is 0.339 e. The second kappa shape index (κ2) is 8.26. The summed E-state index contributed by atoms with van der Waals surface area (Å²) >= 11 is 12.0. The highest BCUT2D eigenvalue weighted by molar-refractivity contribution is 7.87. The average molecular weight is 477 g/mol. The number of fused-ring (bicyclic) bond motifs is 1. The van der Waals surface area contributed by atoms with Crippen LogP contribution >= 0.6 is 23.2 Å². The molecule has 0 aliphatic carbocycles. The first-order chi connectivity index (χ1) is 14.8. The van der Waals surface area contributed by atoms with Crippen LogP contribution in [0, 0.1) is 0 Å². The van der Waals surface area contributed by atoms with Crippen LogP contribution in [0.3, 0.4) is 0 Å². The quantitative estimate of drug-likeness (QED) is 0.363. The van der Waals surface area contributed by atoms with Crippen molar-refractivity contribution in [3.8, 4) is 17.2 Å². The summed E-state index contributed by atoms with van der Waals surface area (Å²) in [5.41, 5.74) is 0.839. The Bertz CT molecular complexity index is 1310. The molecule has 0 aromatic heterocycles. The first-order valence-electron chi connectivity index (χ1n) is 8.89. The van der Waals surface area contributed by atoms with Crippen molar-refractivity contribution in [2.75, 3.05) is 7.11 Å². The van der Waals surface area contributed by atoms with E-state index in [4.69, 9.17) is 36.9 Å². The van der Waals surface area contributed by atoms with Crippen molar-refractivity contribution in [2.24, 2.45) is 0 Å². The molecule has 1 heterocycles. The van der Waals surface area contributed by atoms with Gasteiger partial charge in [-0.25, -0.2) is 0 Å². The molecule has 9 heteroatoms. The van der Waals surface area contributed by atoms with Crippen LogP contribution in [0.25, 0.3) is 6.08 Å². The second-order valence-corrected chi connectivity index (χ2v) is 8.87. The zero-order valence-corrected chi connectivity index (χ0v) is 18.3. The molecule has 158 valence electrons. The topological polar surface area (TPSA) is 78.9 Å². The fraction of sp³-hybridized carbons (Fsp3) is 0.0455. The van der Waals surface area contributed by atoms with Crippen LogP contribution < -0.4 is 13.7 Å². The Balaban J connectivity index is 1.58. The monoisotopic (exact) mass is 476 g/mol. The number of ether oxygens (including phenoxy) is 2. The zero-order valence-electron chi connectivity index (χ0n) is 16.0. The molecule has 0 unspecified atom stereocenters. The zero-order chi connectivity index (χ0) is 22.2. The normalized spacial score (nSPS) is 14.3. The molecule has 0 amide bonds. The summed E-state index contributed by atoms with van der Waals surface area (Å²) in [6.45, 7) is 0. The van der Waals surface area contributed by atoms with E-state index < -0.39 is 10.1 Å². The maximum atomic E-state index is 12.6. The lowest BCUT2D eigenvalue weighted by Gasteiger charge is -2.08. The predicted molar refractivity (Wildman–Crippen MR) is 117 cm³/mol. The van der Waals surface area contributed by atoms with Crippen LogP contribution in [-0.2, 0) is 10.1 Å². The largest absolute Gasteiger partial charge is 0.497 e. The van der Waals surface area contributed by atoms with Gasteiger partial charge in [-0.15, -0.1) is 0 Å². The van der Waals surface area contributed by atoms with Gasteiger partial charge in [0.1, 0.15) is 22.1 Å². The SMILES string of the molecule is COc1ccc(S(=O)(=O)Oc2ccc3c(c2)O/C(=C\c2ccc(Cl)cc2Cl)C3=O)cc1. The Morgan fingerprint density at radius 3 is 2.32 bits per heavy atom. The Labute approximate surface area is 188 Å². The molecule has 1 aliphatic rings. The second-order valence-electron chi connectivity index (χ2n) is 6.48. The number of Topliss-reactive ketones (excluding diaryl/α,β-unsaturated/α-hetero) is 1. The van der Waals surface area contributed by atoms with Gasteiger partial charge in [0.15, 0.2) is 5.76 Å². The third-order valence-corrected chi connectivity index (χ3v) is 6.27. The van der Waals surface area contributed by atoms with Crippen molar-refractivity contribution < 1.29 is 26.9 Å². The summed E-state index contributed by atoms with van der Waals surface area (Å²) in [5.74, 6) is 0.403. The fourth-order valence-electron chi connectivity index (χ4n) is 2.90. The van der Waals surface area contributed by atoms with E-state index >= 15 is 0 Å². The highest BCUT2D eigenvalue weighted by Crippen LogP contribution is 2.36. The van der Waals surface area contributed by atoms with E-state index in [-0.39, 0.29) is 33.5 Å². The standard InChI is InChI=1S/C22H14Cl2O6S/c1-28-15-4-7-17(8-5-15)31(26,27)30-16-6-9-18-20(12-16)29-21(22(18)25)10-13-2-3-14(23)11-19(13)24/h2-12H,1H3/b21-10-. The Morgan fingerprint density at radius 2 is 1.65 bits per heavy atom. The van der Waals surface area contributed by atoms with Gasteiger partial charge in [0.05, 0.1) is 12.7 Å². The molecule has 0 N–H and O–H groups in total. The number of hydrogen-bond donors (Lipinski definition) is 0. The molecule has 0 radical (unpaired) electrons. The minimum absolute atomic E-state index is 0.00754. The molecule has 0 saturated heterocycles. The number of allylic oxidation sites excluding steroid dienone is 1. The van der Waals surface area contributed by atoms with E-state index in [0.29, 0.717) is 21.4 Å². The summed E-state index contributed by atoms with van der Waals surface area (Å²) < 4.78 is 40.9. The highest BCUT2D eigenvalue weighted by Gasteiger charge is 2.29. The lowest BCUT2D eigenvalue weighted by Crippen LogP contribution is -2.09. The van der Waals surface area contributed by atoms with Crippen LogP contribution in [-0.4, -0.2) is 21.3 Å². The van der Waals surface area contributed by atoms with Crippen LogP contribution in [0.5, 0.6) is 17.2 Å². The van der Waals surface area contributed by atoms with Crippen molar-refractivity contribution >= 4 is 45.2 Å². The van der Waals surface area contributed by atoms with E-state index in [1.54, 1.807) is 18.2 Å². The van der Waals surface area contributed by atoms with E-state index in [0.717, 1.165) is 0 Å². The fourth-order valence-corrected chi connectivity index (χ4v) is 4.28. The van der Waals surface area contributed by atoms with Crippen molar-refractivity contribution in [1.82, 2.24) is 0 Å². The third kappa shape index (κ3) is 4.39. The van der Waals surface area contributed by atoms with E-state index in [1.165, 1.54) is 55.7 Å². The minimum atomic E-state index is -4.08. The molecule has 1 aliphatic heterocycles. The van der Waals surface area contributed by atoms with Crippen LogP contribution in [0.4, 0.5) is 0 Å². The van der Waals surface area contributed by atoms with E-state index in [9.17, 15) is 13.2 Å². The van der Waals surface area contributed by atoms with Gasteiger partial charge in [-0.1, -0.05) is 29.3 Å². The summed E-state index contributed by atoms with van der Waals surface area (Å²) in [5, 5.41) is 0.830. The van der Waals surface area contributed by atoms with Crippen LogP contribution in [0.2, 0.25) is 10.0 Å².